The Balaban J connectivity index is 1.56. The number of rotatable bonds is 4. The third-order valence-electron chi connectivity index (χ3n) is 3.56. The first kappa shape index (κ1) is 14.4. The SMILES string of the molecule is Cc1ccc(OC2CCCN(C(=O)Cn3cncn3)C2)nn1. The van der Waals surface area contributed by atoms with E-state index in [0.29, 0.717) is 12.4 Å². The fourth-order valence-corrected chi connectivity index (χ4v) is 2.43. The molecule has 0 N–H and O–H groups in total. The van der Waals surface area contributed by atoms with Crippen LogP contribution in [0.2, 0.25) is 0 Å². The number of carbonyl (C=O) groups is 1. The first-order valence-electron chi connectivity index (χ1n) is 7.28. The van der Waals surface area contributed by atoms with Crippen LogP contribution in [-0.4, -0.2) is 55.0 Å². The number of nitrogens with zero attached hydrogens (tertiary/aromatic N) is 6. The fourth-order valence-electron chi connectivity index (χ4n) is 2.43. The van der Waals surface area contributed by atoms with E-state index in [4.69, 9.17) is 4.74 Å². The molecular formula is C14H18N6O2. The molecule has 0 spiro atoms. The molecule has 8 heteroatoms. The Kier molecular flexibility index (Phi) is 4.27. The van der Waals surface area contributed by atoms with Crippen molar-refractivity contribution in [3.63, 3.8) is 0 Å². The Morgan fingerprint density at radius 1 is 1.41 bits per heavy atom. The van der Waals surface area contributed by atoms with Gasteiger partial charge in [0.25, 0.3) is 0 Å². The lowest BCUT2D eigenvalue weighted by Gasteiger charge is -2.32. The van der Waals surface area contributed by atoms with Gasteiger partial charge in [-0.25, -0.2) is 9.67 Å². The molecule has 1 aliphatic rings. The molecule has 0 aliphatic carbocycles. The Bertz CT molecular complexity index is 613. The van der Waals surface area contributed by atoms with E-state index in [9.17, 15) is 4.79 Å². The molecule has 0 aromatic carbocycles. The maximum Gasteiger partial charge on any atom is 0.244 e. The van der Waals surface area contributed by atoms with E-state index in [2.05, 4.69) is 20.3 Å². The van der Waals surface area contributed by atoms with Crippen molar-refractivity contribution >= 4 is 5.91 Å². The zero-order chi connectivity index (χ0) is 15.4. The zero-order valence-corrected chi connectivity index (χ0v) is 12.4. The summed E-state index contributed by atoms with van der Waals surface area (Å²) in [5.41, 5.74) is 0.848. The van der Waals surface area contributed by atoms with Crippen LogP contribution in [0.25, 0.3) is 0 Å². The average Bonchev–Trinajstić information content (AvgIpc) is 3.03. The Hall–Kier alpha value is -2.51. The second kappa shape index (κ2) is 6.50. The van der Waals surface area contributed by atoms with Crippen LogP contribution in [0, 0.1) is 6.92 Å². The van der Waals surface area contributed by atoms with Gasteiger partial charge in [-0.2, -0.15) is 10.2 Å². The predicted molar refractivity (Wildman–Crippen MR) is 77.0 cm³/mol. The van der Waals surface area contributed by atoms with Crippen LogP contribution in [0.4, 0.5) is 0 Å². The Labute approximate surface area is 128 Å². The molecule has 1 saturated heterocycles. The lowest BCUT2D eigenvalue weighted by atomic mass is 10.1. The van der Waals surface area contributed by atoms with E-state index in [0.717, 1.165) is 25.1 Å². The quantitative estimate of drug-likeness (QED) is 0.815. The molecule has 2 aromatic rings. The predicted octanol–water partition coefficient (Wildman–Crippen LogP) is 0.447. The largest absolute Gasteiger partial charge is 0.471 e. The average molecular weight is 302 g/mol. The number of ether oxygens (including phenoxy) is 1. The van der Waals surface area contributed by atoms with Crippen LogP contribution in [-0.2, 0) is 11.3 Å². The lowest BCUT2D eigenvalue weighted by Crippen LogP contribution is -2.45. The summed E-state index contributed by atoms with van der Waals surface area (Å²) in [5.74, 6) is 0.523. The Morgan fingerprint density at radius 2 is 2.32 bits per heavy atom. The maximum atomic E-state index is 12.3. The van der Waals surface area contributed by atoms with E-state index < -0.39 is 0 Å². The summed E-state index contributed by atoms with van der Waals surface area (Å²) in [5, 5.41) is 11.9. The molecule has 2 aromatic heterocycles. The molecule has 1 aliphatic heterocycles. The van der Waals surface area contributed by atoms with Crippen molar-refractivity contribution in [2.75, 3.05) is 13.1 Å². The van der Waals surface area contributed by atoms with E-state index in [1.807, 2.05) is 13.0 Å². The molecule has 1 fully saturated rings. The fraction of sp³-hybridized carbons (Fsp3) is 0.500. The normalized spacial score (nSPS) is 18.2. The van der Waals surface area contributed by atoms with Gasteiger partial charge in [0.05, 0.1) is 12.2 Å². The summed E-state index contributed by atoms with van der Waals surface area (Å²) in [4.78, 5) is 17.9. The minimum Gasteiger partial charge on any atom is -0.471 e. The number of piperidine rings is 1. The number of hydrogen-bond donors (Lipinski definition) is 0. The summed E-state index contributed by atoms with van der Waals surface area (Å²) in [6, 6.07) is 3.66. The van der Waals surface area contributed by atoms with Crippen molar-refractivity contribution in [3.05, 3.63) is 30.5 Å². The molecule has 22 heavy (non-hydrogen) atoms. The number of likely N-dealkylation sites (tertiary alicyclic amines) is 1. The molecule has 8 nitrogen and oxygen atoms in total. The molecular weight excluding hydrogens is 284 g/mol. The maximum absolute atomic E-state index is 12.3. The number of amides is 1. The van der Waals surface area contributed by atoms with E-state index >= 15 is 0 Å². The topological polar surface area (TPSA) is 86.0 Å². The number of aromatic nitrogens is 5. The highest BCUT2D eigenvalue weighted by molar-refractivity contribution is 5.76. The van der Waals surface area contributed by atoms with Gasteiger partial charge in [0.2, 0.25) is 11.8 Å². The van der Waals surface area contributed by atoms with Gasteiger partial charge in [-0.1, -0.05) is 0 Å². The number of hydrogen-bond acceptors (Lipinski definition) is 6. The summed E-state index contributed by atoms with van der Waals surface area (Å²) in [6.07, 6.45) is 4.73. The lowest BCUT2D eigenvalue weighted by molar-refractivity contribution is -0.134. The molecule has 0 bridgehead atoms. The monoisotopic (exact) mass is 302 g/mol. The number of carbonyl (C=O) groups excluding carboxylic acids is 1. The number of aryl methyl sites for hydroxylation is 1. The van der Waals surface area contributed by atoms with Crippen LogP contribution in [0.5, 0.6) is 5.88 Å². The van der Waals surface area contributed by atoms with Gasteiger partial charge in [-0.15, -0.1) is 5.10 Å². The molecule has 3 heterocycles. The summed E-state index contributed by atoms with van der Waals surface area (Å²) in [7, 11) is 0. The highest BCUT2D eigenvalue weighted by Gasteiger charge is 2.25. The van der Waals surface area contributed by atoms with E-state index in [1.165, 1.54) is 17.3 Å². The molecule has 1 unspecified atom stereocenters. The van der Waals surface area contributed by atoms with Crippen LogP contribution >= 0.6 is 0 Å². The molecule has 116 valence electrons. The van der Waals surface area contributed by atoms with Crippen molar-refractivity contribution in [1.29, 1.82) is 0 Å². The van der Waals surface area contributed by atoms with Crippen molar-refractivity contribution < 1.29 is 9.53 Å². The smallest absolute Gasteiger partial charge is 0.244 e. The Morgan fingerprint density at radius 3 is 3.05 bits per heavy atom. The highest BCUT2D eigenvalue weighted by Crippen LogP contribution is 2.16. The minimum absolute atomic E-state index is 0.0220. The van der Waals surface area contributed by atoms with Gasteiger partial charge >= 0.3 is 0 Å². The van der Waals surface area contributed by atoms with Crippen molar-refractivity contribution in [3.8, 4) is 5.88 Å². The van der Waals surface area contributed by atoms with Crippen molar-refractivity contribution in [1.82, 2.24) is 29.9 Å². The van der Waals surface area contributed by atoms with Crippen LogP contribution < -0.4 is 4.74 Å². The van der Waals surface area contributed by atoms with Crippen molar-refractivity contribution in [2.24, 2.45) is 0 Å². The second-order valence-electron chi connectivity index (χ2n) is 5.33. The van der Waals surface area contributed by atoms with Gasteiger partial charge in [-0.3, -0.25) is 4.79 Å². The van der Waals surface area contributed by atoms with Crippen molar-refractivity contribution in [2.45, 2.75) is 32.4 Å². The first-order chi connectivity index (χ1) is 10.7. The van der Waals surface area contributed by atoms with Gasteiger partial charge in [0.15, 0.2) is 0 Å². The van der Waals surface area contributed by atoms with Gasteiger partial charge in [0.1, 0.15) is 25.3 Å². The van der Waals surface area contributed by atoms with Crippen LogP contribution in [0.1, 0.15) is 18.5 Å². The third-order valence-corrected chi connectivity index (χ3v) is 3.56. The molecule has 0 radical (unpaired) electrons. The highest BCUT2D eigenvalue weighted by atomic mass is 16.5. The summed E-state index contributed by atoms with van der Waals surface area (Å²) < 4.78 is 7.35. The first-order valence-corrected chi connectivity index (χ1v) is 7.28. The summed E-state index contributed by atoms with van der Waals surface area (Å²) >= 11 is 0. The van der Waals surface area contributed by atoms with Gasteiger partial charge < -0.3 is 9.64 Å². The third kappa shape index (κ3) is 3.57. The van der Waals surface area contributed by atoms with Gasteiger partial charge in [0, 0.05) is 12.6 Å². The molecule has 0 saturated carbocycles. The summed E-state index contributed by atoms with van der Waals surface area (Å²) in [6.45, 7) is 3.38. The van der Waals surface area contributed by atoms with Crippen LogP contribution in [0.3, 0.4) is 0 Å². The molecule has 1 amide bonds. The van der Waals surface area contributed by atoms with Crippen LogP contribution in [0.15, 0.2) is 24.8 Å². The van der Waals surface area contributed by atoms with E-state index in [-0.39, 0.29) is 18.6 Å². The van der Waals surface area contributed by atoms with Gasteiger partial charge in [-0.05, 0) is 25.8 Å². The standard InChI is InChI=1S/C14H18N6O2/c1-11-4-5-13(18-17-11)22-12-3-2-6-19(7-12)14(21)8-20-10-15-9-16-20/h4-5,9-10,12H,2-3,6-8H2,1H3. The zero-order valence-electron chi connectivity index (χ0n) is 12.4. The van der Waals surface area contributed by atoms with E-state index in [1.54, 1.807) is 11.0 Å². The minimum atomic E-state index is -0.0505. The molecule has 3 rings (SSSR count). The molecule has 1 atom stereocenters. The second-order valence-corrected chi connectivity index (χ2v) is 5.33.